The van der Waals surface area contributed by atoms with Crippen molar-refractivity contribution in [2.75, 3.05) is 39.5 Å². The first-order valence-corrected chi connectivity index (χ1v) is 9.66. The van der Waals surface area contributed by atoms with Gasteiger partial charge in [0.05, 0.1) is 30.4 Å². The number of amides is 1. The molecule has 1 aliphatic carbocycles. The van der Waals surface area contributed by atoms with E-state index in [0.717, 1.165) is 25.4 Å². The minimum Gasteiger partial charge on any atom is -0.486 e. The zero-order valence-electron chi connectivity index (χ0n) is 14.9. The van der Waals surface area contributed by atoms with Gasteiger partial charge in [0.2, 0.25) is 0 Å². The highest BCUT2D eigenvalue weighted by atomic mass is 16.6. The third-order valence-electron chi connectivity index (χ3n) is 5.84. The Bertz CT molecular complexity index is 703. The molecule has 1 aromatic carbocycles. The molecule has 5 rings (SSSR count). The monoisotopic (exact) mass is 359 g/mol. The predicted octanol–water partition coefficient (Wildman–Crippen LogP) is 2.26. The fraction of sp³-hybridized carbons (Fsp3) is 0.650. The van der Waals surface area contributed by atoms with Gasteiger partial charge in [-0.15, -0.1) is 0 Å². The summed E-state index contributed by atoms with van der Waals surface area (Å²) in [6.45, 7) is 3.84. The summed E-state index contributed by atoms with van der Waals surface area (Å²) in [4.78, 5) is 15.0. The van der Waals surface area contributed by atoms with E-state index < -0.39 is 0 Å². The van der Waals surface area contributed by atoms with Crippen molar-refractivity contribution in [3.63, 3.8) is 0 Å². The molecule has 3 fully saturated rings. The summed E-state index contributed by atoms with van der Waals surface area (Å²) in [7, 11) is 0. The quantitative estimate of drug-likeness (QED) is 0.825. The number of para-hydroxylation sites is 1. The van der Waals surface area contributed by atoms with E-state index in [-0.39, 0.29) is 17.6 Å². The molecule has 1 aromatic rings. The van der Waals surface area contributed by atoms with Gasteiger partial charge in [-0.2, -0.15) is 0 Å². The molecule has 6 heteroatoms. The number of hydrogen-bond donors (Lipinski definition) is 0. The van der Waals surface area contributed by atoms with E-state index >= 15 is 0 Å². The molecule has 26 heavy (non-hydrogen) atoms. The smallest absolute Gasteiger partial charge is 0.257 e. The van der Waals surface area contributed by atoms with Gasteiger partial charge >= 0.3 is 0 Å². The third-order valence-corrected chi connectivity index (χ3v) is 5.84. The van der Waals surface area contributed by atoms with E-state index in [1.54, 1.807) is 0 Å². The second-order valence-electron chi connectivity index (χ2n) is 7.90. The van der Waals surface area contributed by atoms with Gasteiger partial charge < -0.3 is 23.8 Å². The molecule has 4 aliphatic rings. The number of carbonyl (C=O) groups is 1. The van der Waals surface area contributed by atoms with Crippen molar-refractivity contribution in [3.05, 3.63) is 23.8 Å². The zero-order chi connectivity index (χ0) is 17.6. The van der Waals surface area contributed by atoms with Gasteiger partial charge in [0, 0.05) is 19.6 Å². The Hall–Kier alpha value is -1.79. The topological polar surface area (TPSA) is 57.2 Å². The number of ether oxygens (including phenoxy) is 4. The van der Waals surface area contributed by atoms with Crippen LogP contribution in [0, 0.1) is 5.92 Å². The highest BCUT2D eigenvalue weighted by molar-refractivity contribution is 5.98. The van der Waals surface area contributed by atoms with E-state index in [1.165, 1.54) is 12.8 Å². The van der Waals surface area contributed by atoms with E-state index in [2.05, 4.69) is 0 Å². The highest BCUT2D eigenvalue weighted by Gasteiger charge is 2.47. The van der Waals surface area contributed by atoms with Gasteiger partial charge in [-0.3, -0.25) is 4.79 Å². The molecule has 1 spiro atoms. The molecule has 0 N–H and O–H groups in total. The van der Waals surface area contributed by atoms with E-state index in [9.17, 15) is 4.79 Å². The van der Waals surface area contributed by atoms with Crippen LogP contribution in [-0.4, -0.2) is 62.0 Å². The maximum absolute atomic E-state index is 13.1. The molecule has 2 atom stereocenters. The van der Waals surface area contributed by atoms with Crippen LogP contribution in [0.15, 0.2) is 18.2 Å². The Morgan fingerprint density at radius 2 is 2.15 bits per heavy atom. The Balaban J connectivity index is 1.25. The summed E-state index contributed by atoms with van der Waals surface area (Å²) in [5, 5.41) is 0. The number of likely N-dealkylation sites (tertiary alicyclic amines) is 1. The van der Waals surface area contributed by atoms with E-state index in [4.69, 9.17) is 18.9 Å². The fourth-order valence-corrected chi connectivity index (χ4v) is 4.18. The molecule has 3 aliphatic heterocycles. The summed E-state index contributed by atoms with van der Waals surface area (Å²) < 4.78 is 23.4. The zero-order valence-corrected chi connectivity index (χ0v) is 14.9. The molecule has 0 unspecified atom stereocenters. The summed E-state index contributed by atoms with van der Waals surface area (Å²) in [5.41, 5.74) is 0.342. The Morgan fingerprint density at radius 3 is 3.04 bits per heavy atom. The number of carbonyl (C=O) groups excluding carboxylic acids is 1. The third kappa shape index (κ3) is 3.05. The average Bonchev–Trinajstić information content (AvgIpc) is 3.30. The molecule has 2 saturated heterocycles. The maximum atomic E-state index is 13.1. The minimum absolute atomic E-state index is 0.00447. The van der Waals surface area contributed by atoms with Crippen molar-refractivity contribution < 1.29 is 23.7 Å². The van der Waals surface area contributed by atoms with Crippen molar-refractivity contribution in [1.82, 2.24) is 4.90 Å². The van der Waals surface area contributed by atoms with Crippen molar-refractivity contribution in [2.24, 2.45) is 5.92 Å². The van der Waals surface area contributed by atoms with Gasteiger partial charge in [-0.1, -0.05) is 6.07 Å². The first-order valence-electron chi connectivity index (χ1n) is 9.66. The molecule has 0 aromatic heterocycles. The largest absolute Gasteiger partial charge is 0.486 e. The van der Waals surface area contributed by atoms with Gasteiger partial charge in [-0.25, -0.2) is 0 Å². The predicted molar refractivity (Wildman–Crippen MR) is 93.7 cm³/mol. The van der Waals surface area contributed by atoms with Gasteiger partial charge in [0.25, 0.3) is 5.91 Å². The van der Waals surface area contributed by atoms with Crippen molar-refractivity contribution >= 4 is 5.91 Å². The molecule has 1 saturated carbocycles. The van der Waals surface area contributed by atoms with Crippen LogP contribution in [0.2, 0.25) is 0 Å². The van der Waals surface area contributed by atoms with Crippen LogP contribution in [0.25, 0.3) is 0 Å². The van der Waals surface area contributed by atoms with Crippen LogP contribution in [-0.2, 0) is 9.47 Å². The Morgan fingerprint density at radius 1 is 1.27 bits per heavy atom. The standard InChI is InChI=1S/C20H25NO5/c22-19(16-2-1-3-17-18(16)24-9-8-23-17)21-7-6-20(13-21)10-15(12-26-20)25-11-14-4-5-14/h1-3,14-15H,4-13H2/t15-,20-/m0/s1. The second-order valence-corrected chi connectivity index (χ2v) is 7.90. The van der Waals surface area contributed by atoms with Gasteiger partial charge in [0.15, 0.2) is 11.5 Å². The van der Waals surface area contributed by atoms with Crippen LogP contribution < -0.4 is 9.47 Å². The van der Waals surface area contributed by atoms with Crippen LogP contribution in [0.5, 0.6) is 11.5 Å². The first-order chi connectivity index (χ1) is 12.7. The lowest BCUT2D eigenvalue weighted by molar-refractivity contribution is 0.00153. The second kappa shape index (κ2) is 6.43. The number of rotatable bonds is 4. The van der Waals surface area contributed by atoms with Crippen LogP contribution in [0.1, 0.15) is 36.0 Å². The van der Waals surface area contributed by atoms with Crippen molar-refractivity contribution in [1.29, 1.82) is 0 Å². The number of hydrogen-bond acceptors (Lipinski definition) is 5. The van der Waals surface area contributed by atoms with Gasteiger partial charge in [-0.05, 0) is 37.3 Å². The number of benzene rings is 1. The average molecular weight is 359 g/mol. The molecule has 0 bridgehead atoms. The van der Waals surface area contributed by atoms with E-state index in [0.29, 0.717) is 50.0 Å². The summed E-state index contributed by atoms with van der Waals surface area (Å²) in [6.07, 6.45) is 4.53. The molecule has 3 heterocycles. The van der Waals surface area contributed by atoms with Crippen molar-refractivity contribution in [3.8, 4) is 11.5 Å². The van der Waals surface area contributed by atoms with Crippen molar-refractivity contribution in [2.45, 2.75) is 37.4 Å². The maximum Gasteiger partial charge on any atom is 0.257 e. The van der Waals surface area contributed by atoms with Gasteiger partial charge in [0.1, 0.15) is 13.2 Å². The van der Waals surface area contributed by atoms with Crippen LogP contribution in [0.3, 0.4) is 0 Å². The normalized spacial score (nSPS) is 30.2. The summed E-state index contributed by atoms with van der Waals surface area (Å²) >= 11 is 0. The summed E-state index contributed by atoms with van der Waals surface area (Å²) in [6, 6.07) is 5.51. The van der Waals surface area contributed by atoms with Crippen LogP contribution in [0.4, 0.5) is 0 Å². The molecule has 1 amide bonds. The highest BCUT2D eigenvalue weighted by Crippen LogP contribution is 2.40. The first kappa shape index (κ1) is 16.4. The molecular formula is C20H25NO5. The lowest BCUT2D eigenvalue weighted by Gasteiger charge is -2.25. The SMILES string of the molecule is O=C(c1cccc2c1OCCO2)N1CC[C@]2(C[C@H](OCC3CC3)CO2)C1. The Labute approximate surface area is 153 Å². The molecule has 0 radical (unpaired) electrons. The van der Waals surface area contributed by atoms with Crippen LogP contribution >= 0.6 is 0 Å². The lowest BCUT2D eigenvalue weighted by Crippen LogP contribution is -2.36. The van der Waals surface area contributed by atoms with E-state index in [1.807, 2.05) is 23.1 Å². The molecular weight excluding hydrogens is 334 g/mol. The number of nitrogens with zero attached hydrogens (tertiary/aromatic N) is 1. The molecule has 6 nitrogen and oxygen atoms in total. The molecule has 140 valence electrons. The lowest BCUT2D eigenvalue weighted by atomic mass is 9.98. The number of fused-ring (bicyclic) bond motifs is 1. The minimum atomic E-state index is -0.240. The fourth-order valence-electron chi connectivity index (χ4n) is 4.18. The summed E-state index contributed by atoms with van der Waals surface area (Å²) in [5.74, 6) is 1.99. The Kier molecular flexibility index (Phi) is 4.05.